The van der Waals surface area contributed by atoms with Gasteiger partial charge in [-0.3, -0.25) is 4.99 Å². The Morgan fingerprint density at radius 2 is 1.75 bits per heavy atom. The minimum atomic E-state index is 0.837. The largest absolute Gasteiger partial charge is 0.297 e. The Hall–Kier alpha value is -0.590. The number of hydrogen-bond donors (Lipinski definition) is 0. The second-order valence-corrected chi connectivity index (χ2v) is 4.86. The maximum atomic E-state index is 4.46. The molecule has 0 aromatic carbocycles. The van der Waals surface area contributed by atoms with Gasteiger partial charge in [-0.2, -0.15) is 0 Å². The summed E-state index contributed by atoms with van der Waals surface area (Å²) in [5.74, 6) is 5.67. The highest BCUT2D eigenvalue weighted by Crippen LogP contribution is 2.63. The summed E-state index contributed by atoms with van der Waals surface area (Å²) >= 11 is 0. The van der Waals surface area contributed by atoms with E-state index in [9.17, 15) is 0 Å². The number of aliphatic imine (C=N–C) groups is 1. The Morgan fingerprint density at radius 1 is 0.917 bits per heavy atom. The lowest BCUT2D eigenvalue weighted by molar-refractivity contribution is 0.181. The van der Waals surface area contributed by atoms with Crippen molar-refractivity contribution in [1.29, 1.82) is 0 Å². The first-order chi connectivity index (χ1) is 5.95. The summed E-state index contributed by atoms with van der Waals surface area (Å²) in [7, 11) is 0. The maximum absolute atomic E-state index is 4.46. The van der Waals surface area contributed by atoms with Crippen molar-refractivity contribution in [2.75, 3.05) is 6.54 Å². The lowest BCUT2D eigenvalue weighted by Gasteiger charge is -2.39. The van der Waals surface area contributed by atoms with Crippen molar-refractivity contribution < 1.29 is 0 Å². The van der Waals surface area contributed by atoms with E-state index in [4.69, 9.17) is 0 Å². The van der Waals surface area contributed by atoms with Crippen LogP contribution in [0.15, 0.2) is 17.1 Å². The molecule has 0 unspecified atom stereocenters. The second kappa shape index (κ2) is 1.68. The van der Waals surface area contributed by atoms with Crippen molar-refractivity contribution >= 4 is 6.21 Å². The fourth-order valence-corrected chi connectivity index (χ4v) is 3.84. The first kappa shape index (κ1) is 5.95. The summed E-state index contributed by atoms with van der Waals surface area (Å²) in [6.07, 6.45) is 8.75. The Labute approximate surface area is 72.6 Å². The van der Waals surface area contributed by atoms with Gasteiger partial charge in [-0.05, 0) is 36.0 Å². The molecule has 12 heavy (non-hydrogen) atoms. The van der Waals surface area contributed by atoms with Crippen molar-refractivity contribution in [3.05, 3.63) is 12.2 Å². The molecule has 5 aliphatic rings. The highest BCUT2D eigenvalue weighted by molar-refractivity contribution is 5.66. The normalized spacial score (nSPS) is 63.3. The van der Waals surface area contributed by atoms with Gasteiger partial charge in [0.15, 0.2) is 0 Å². The average Bonchev–Trinajstić information content (AvgIpc) is 2.77. The molecule has 0 aromatic heterocycles. The van der Waals surface area contributed by atoms with Crippen LogP contribution < -0.4 is 0 Å². The third-order valence-electron chi connectivity index (χ3n) is 4.46. The van der Waals surface area contributed by atoms with Gasteiger partial charge in [-0.25, -0.2) is 0 Å². The monoisotopic (exact) mass is 159 g/mol. The minimum Gasteiger partial charge on any atom is -0.297 e. The van der Waals surface area contributed by atoms with Gasteiger partial charge in [0.25, 0.3) is 0 Å². The van der Waals surface area contributed by atoms with Crippen LogP contribution in [0.2, 0.25) is 0 Å². The molecule has 2 saturated carbocycles. The van der Waals surface area contributed by atoms with Gasteiger partial charge in [0.1, 0.15) is 0 Å². The number of allylic oxidation sites excluding steroid dienone is 2. The van der Waals surface area contributed by atoms with Crippen LogP contribution in [0.25, 0.3) is 0 Å². The fourth-order valence-electron chi connectivity index (χ4n) is 3.84. The third kappa shape index (κ3) is 0.502. The Balaban J connectivity index is 1.86. The second-order valence-electron chi connectivity index (χ2n) is 4.86. The summed E-state index contributed by atoms with van der Waals surface area (Å²) in [5, 5.41) is 0. The molecular weight excluding hydrogens is 146 g/mol. The van der Waals surface area contributed by atoms with Gasteiger partial charge in [0.05, 0.1) is 0 Å². The highest BCUT2D eigenvalue weighted by Gasteiger charge is 2.59. The summed E-state index contributed by atoms with van der Waals surface area (Å²) in [4.78, 5) is 4.46. The quantitative estimate of drug-likeness (QED) is 0.477. The van der Waals surface area contributed by atoms with E-state index in [1.54, 1.807) is 0 Å². The van der Waals surface area contributed by atoms with Crippen LogP contribution in [-0.2, 0) is 0 Å². The SMILES string of the molecule is C1=C[C@H]2[C@H]3CN=C[C@H]3[C@@H]1[C@H]1C[C@@H]21. The molecule has 5 rings (SSSR count). The smallest absolute Gasteiger partial charge is 0.0425 e. The first-order valence-electron chi connectivity index (χ1n) is 5.13. The highest BCUT2D eigenvalue weighted by atomic mass is 14.8. The van der Waals surface area contributed by atoms with Crippen molar-refractivity contribution in [2.45, 2.75) is 6.42 Å². The van der Waals surface area contributed by atoms with Crippen molar-refractivity contribution in [3.63, 3.8) is 0 Å². The molecular formula is C11H13N. The molecule has 0 N–H and O–H groups in total. The standard InChI is InChI=1S/C11H13N/c1-2-7-9-3-8(9)6(1)10-4-12-5-11(7)10/h1-2,4,6-11H,3,5H2/t6-,7+,8+,9-,10-,11+/m0/s1. The third-order valence-corrected chi connectivity index (χ3v) is 4.46. The summed E-state index contributed by atoms with van der Waals surface area (Å²) in [5.41, 5.74) is 0. The van der Waals surface area contributed by atoms with Crippen molar-refractivity contribution in [2.24, 2.45) is 40.5 Å². The van der Waals surface area contributed by atoms with Gasteiger partial charge < -0.3 is 0 Å². The van der Waals surface area contributed by atoms with E-state index in [1.807, 2.05) is 0 Å². The van der Waals surface area contributed by atoms with E-state index in [1.165, 1.54) is 6.42 Å². The van der Waals surface area contributed by atoms with Gasteiger partial charge in [-0.15, -0.1) is 0 Å². The first-order valence-corrected chi connectivity index (χ1v) is 5.13. The van der Waals surface area contributed by atoms with Crippen LogP contribution in [0.5, 0.6) is 0 Å². The fraction of sp³-hybridized carbons (Fsp3) is 0.727. The van der Waals surface area contributed by atoms with Crippen LogP contribution in [0.4, 0.5) is 0 Å². The van der Waals surface area contributed by atoms with E-state index >= 15 is 0 Å². The number of rotatable bonds is 0. The van der Waals surface area contributed by atoms with Crippen LogP contribution in [0, 0.1) is 35.5 Å². The minimum absolute atomic E-state index is 0.837. The molecule has 6 atom stereocenters. The topological polar surface area (TPSA) is 12.4 Å². The predicted octanol–water partition coefficient (Wildman–Crippen LogP) is 1.76. The van der Waals surface area contributed by atoms with Gasteiger partial charge in [0.2, 0.25) is 0 Å². The molecule has 0 radical (unpaired) electrons. The van der Waals surface area contributed by atoms with Crippen molar-refractivity contribution in [3.8, 4) is 0 Å². The molecule has 62 valence electrons. The zero-order valence-electron chi connectivity index (χ0n) is 7.06. The molecule has 0 spiro atoms. The molecule has 1 aliphatic heterocycles. The Bertz CT molecular complexity index is 289. The average molecular weight is 159 g/mol. The molecule has 2 fully saturated rings. The van der Waals surface area contributed by atoms with Gasteiger partial charge in [0, 0.05) is 18.7 Å². The van der Waals surface area contributed by atoms with E-state index in [0.717, 1.165) is 42.1 Å². The van der Waals surface area contributed by atoms with Crippen LogP contribution in [0.1, 0.15) is 6.42 Å². The van der Waals surface area contributed by atoms with Crippen LogP contribution in [0.3, 0.4) is 0 Å². The van der Waals surface area contributed by atoms with E-state index in [-0.39, 0.29) is 0 Å². The summed E-state index contributed by atoms with van der Waals surface area (Å²) < 4.78 is 0. The molecule has 0 saturated heterocycles. The summed E-state index contributed by atoms with van der Waals surface area (Å²) in [6.45, 7) is 1.12. The van der Waals surface area contributed by atoms with E-state index < -0.39 is 0 Å². The lowest BCUT2D eigenvalue weighted by Crippen LogP contribution is -2.38. The predicted molar refractivity (Wildman–Crippen MR) is 48.1 cm³/mol. The Morgan fingerprint density at radius 3 is 2.75 bits per heavy atom. The summed E-state index contributed by atoms with van der Waals surface area (Å²) in [6, 6.07) is 0. The molecule has 1 heteroatoms. The van der Waals surface area contributed by atoms with Crippen LogP contribution in [-0.4, -0.2) is 12.8 Å². The maximum Gasteiger partial charge on any atom is 0.0425 e. The molecule has 4 aliphatic carbocycles. The molecule has 1 heterocycles. The molecule has 1 nitrogen and oxygen atoms in total. The van der Waals surface area contributed by atoms with E-state index in [0.29, 0.717) is 0 Å². The molecule has 0 aromatic rings. The lowest BCUT2D eigenvalue weighted by atomic mass is 9.64. The zero-order valence-corrected chi connectivity index (χ0v) is 7.06. The van der Waals surface area contributed by atoms with Gasteiger partial charge in [-0.1, -0.05) is 12.2 Å². The molecule has 0 amide bonds. The molecule has 2 bridgehead atoms. The van der Waals surface area contributed by atoms with Crippen molar-refractivity contribution in [1.82, 2.24) is 0 Å². The van der Waals surface area contributed by atoms with Gasteiger partial charge >= 0.3 is 0 Å². The zero-order chi connectivity index (χ0) is 7.71. The van der Waals surface area contributed by atoms with E-state index in [2.05, 4.69) is 23.4 Å². The number of nitrogens with zero attached hydrogens (tertiary/aromatic N) is 1. The number of hydrogen-bond acceptors (Lipinski definition) is 1. The van der Waals surface area contributed by atoms with Crippen LogP contribution >= 0.6 is 0 Å². The Kier molecular flexibility index (Phi) is 0.835.